The van der Waals surface area contributed by atoms with Gasteiger partial charge in [0.15, 0.2) is 34.3 Å². The zero-order valence-electron chi connectivity index (χ0n) is 25.6. The molecule has 1 saturated heterocycles. The van der Waals surface area contributed by atoms with E-state index in [-0.39, 0.29) is 54.0 Å². The summed E-state index contributed by atoms with van der Waals surface area (Å²) in [6.07, 6.45) is -3.54. The topological polar surface area (TPSA) is 370 Å². The van der Waals surface area contributed by atoms with Crippen LogP contribution in [0, 0.1) is 10.1 Å². The molecular weight excluding hydrogens is 755 g/mol. The molecule has 0 amide bonds. The molecule has 51 heavy (non-hydrogen) atoms. The van der Waals surface area contributed by atoms with E-state index in [1.54, 1.807) is 12.1 Å². The summed E-state index contributed by atoms with van der Waals surface area (Å²) in [6, 6.07) is 4.62. The molecule has 0 aliphatic carbocycles. The third-order valence-corrected chi connectivity index (χ3v) is 10.9. The monoisotopic (exact) mass is 783 g/mol. The summed E-state index contributed by atoms with van der Waals surface area (Å²) in [4.78, 5) is 73.3. The predicted octanol–water partition coefficient (Wildman–Crippen LogP) is 0.717. The number of nitrogen functional groups attached to an aromatic ring is 1. The molecule has 3 aromatic heterocycles. The number of unbranched alkanes of at least 4 members (excludes halogenated alkanes) is 2. The van der Waals surface area contributed by atoms with Crippen molar-refractivity contribution in [3.8, 4) is 0 Å². The molecule has 278 valence electrons. The van der Waals surface area contributed by atoms with Crippen LogP contribution in [-0.2, 0) is 41.1 Å². The average molecular weight is 783 g/mol. The van der Waals surface area contributed by atoms with E-state index in [9.17, 15) is 43.5 Å². The Morgan fingerprint density at radius 3 is 2.53 bits per heavy atom. The van der Waals surface area contributed by atoms with Gasteiger partial charge in [-0.05, 0) is 35.3 Å². The number of nitro groups is 1. The number of phosphoric acid groups is 3. The van der Waals surface area contributed by atoms with Crippen molar-refractivity contribution in [1.29, 1.82) is 0 Å². The normalized spacial score (nSPS) is 21.7. The first kappa shape index (κ1) is 38.2. The number of aliphatic hydroxyl groups is 1. The maximum Gasteiger partial charge on any atom is 0.490 e. The number of rotatable bonds is 17. The number of aromatic nitrogens is 6. The zero-order valence-corrected chi connectivity index (χ0v) is 28.3. The largest absolute Gasteiger partial charge is 0.490 e. The first-order chi connectivity index (χ1) is 23.9. The summed E-state index contributed by atoms with van der Waals surface area (Å²) in [7, 11) is -17.1. The van der Waals surface area contributed by atoms with E-state index in [1.807, 2.05) is 0 Å². The van der Waals surface area contributed by atoms with Gasteiger partial charge >= 0.3 is 29.4 Å². The molecule has 6 atom stereocenters. The van der Waals surface area contributed by atoms with Crippen molar-refractivity contribution in [3.05, 3.63) is 41.0 Å². The minimum Gasteiger partial charge on any atom is -0.455 e. The minimum absolute atomic E-state index is 0.0277. The molecule has 0 saturated carbocycles. The van der Waals surface area contributed by atoms with Crippen molar-refractivity contribution < 1.29 is 75.4 Å². The standard InChI is InChI=1S/C22H28N9O17P3/c23-20-17-21(25-10-24-20)29(11-26-17)22-19(18(33)14(44-22)9-43-50(39,40)48-51(41,42)47-49(36,37)38)45-15(32)7-2-1-3-8-30(31(34)35)13-6-4-5-12-16(13)28-46-27-12/h4-6,10-11,14,18-19,22,33H,1-3,7-9H2,(H,39,40)(H,41,42)(H2,23,24,25)(H2,36,37,38)/t14-,18-,19-,22-/m1/s1. The van der Waals surface area contributed by atoms with E-state index in [2.05, 4.69) is 43.0 Å². The number of nitrogens with zero attached hydrogens (tertiary/aromatic N) is 8. The summed E-state index contributed by atoms with van der Waals surface area (Å²) in [5, 5.41) is 30.5. The van der Waals surface area contributed by atoms with Crippen LogP contribution in [0.1, 0.15) is 31.9 Å². The van der Waals surface area contributed by atoms with Crippen LogP contribution in [0.5, 0.6) is 0 Å². The van der Waals surface area contributed by atoms with Gasteiger partial charge in [0.1, 0.15) is 35.3 Å². The first-order valence-corrected chi connectivity index (χ1v) is 18.8. The van der Waals surface area contributed by atoms with Gasteiger partial charge in [-0.25, -0.2) is 43.4 Å². The SMILES string of the molecule is Nc1ncnc2c1ncn2[C@@H]1O[C@H](COP(=O)(O)OP(=O)(O)OP(=O)(O)O)[C@@H](O)[C@H]1OC(=O)CCCCCN(c1cccc2nonc12)[N+](=O)[O-]. The van der Waals surface area contributed by atoms with E-state index in [4.69, 9.17) is 25.0 Å². The fourth-order valence-corrected chi connectivity index (χ4v) is 7.97. The van der Waals surface area contributed by atoms with Crippen molar-refractivity contribution in [2.24, 2.45) is 0 Å². The predicted molar refractivity (Wildman–Crippen MR) is 164 cm³/mol. The summed E-state index contributed by atoms with van der Waals surface area (Å²) in [6.45, 7) is -1.12. The molecule has 5 rings (SSSR count). The maximum atomic E-state index is 12.9. The number of nitrogens with two attached hydrogens (primary N) is 1. The van der Waals surface area contributed by atoms with Crippen molar-refractivity contribution >= 4 is 63.1 Å². The Labute approximate surface area is 283 Å². The molecule has 0 bridgehead atoms. The lowest BCUT2D eigenvalue weighted by Crippen LogP contribution is -2.37. The molecule has 4 heterocycles. The lowest BCUT2D eigenvalue weighted by Gasteiger charge is -2.22. The molecule has 0 spiro atoms. The summed E-state index contributed by atoms with van der Waals surface area (Å²) in [5.41, 5.74) is 6.72. The van der Waals surface area contributed by atoms with E-state index in [0.29, 0.717) is 11.9 Å². The number of hydrazine groups is 1. The third-order valence-electron chi connectivity index (χ3n) is 7.05. The van der Waals surface area contributed by atoms with Crippen LogP contribution >= 0.6 is 23.5 Å². The maximum absolute atomic E-state index is 12.9. The third kappa shape index (κ3) is 9.45. The molecule has 1 aromatic carbocycles. The highest BCUT2D eigenvalue weighted by atomic mass is 31.3. The quantitative estimate of drug-likeness (QED) is 0.0282. The van der Waals surface area contributed by atoms with Crippen LogP contribution < -0.4 is 10.7 Å². The van der Waals surface area contributed by atoms with Gasteiger partial charge in [0.25, 0.3) is 0 Å². The Morgan fingerprint density at radius 1 is 1.04 bits per heavy atom. The van der Waals surface area contributed by atoms with E-state index < -0.39 is 65.6 Å². The number of hydrogen-bond acceptors (Lipinski definition) is 19. The molecule has 7 N–H and O–H groups in total. The van der Waals surface area contributed by atoms with Gasteiger partial charge in [-0.1, -0.05) is 17.5 Å². The van der Waals surface area contributed by atoms with Crippen molar-refractivity contribution in [2.75, 3.05) is 23.9 Å². The molecular formula is C22H28N9O17P3. The highest BCUT2D eigenvalue weighted by Gasteiger charge is 2.49. The minimum atomic E-state index is -5.83. The van der Waals surface area contributed by atoms with Crippen LogP contribution in [0.3, 0.4) is 0 Å². The van der Waals surface area contributed by atoms with Gasteiger partial charge in [-0.3, -0.25) is 13.9 Å². The van der Waals surface area contributed by atoms with Crippen molar-refractivity contribution in [1.82, 2.24) is 29.8 Å². The second-order valence-corrected chi connectivity index (χ2v) is 15.0. The van der Waals surface area contributed by atoms with E-state index in [0.717, 1.165) is 11.3 Å². The van der Waals surface area contributed by atoms with E-state index in [1.165, 1.54) is 17.0 Å². The first-order valence-electron chi connectivity index (χ1n) is 14.3. The average Bonchev–Trinajstić information content (AvgIpc) is 3.74. The Hall–Kier alpha value is -4.03. The second-order valence-electron chi connectivity index (χ2n) is 10.6. The van der Waals surface area contributed by atoms with Crippen LogP contribution in [-0.4, -0.2) is 97.0 Å². The van der Waals surface area contributed by atoms with Crippen molar-refractivity contribution in [3.63, 3.8) is 0 Å². The Balaban J connectivity index is 1.22. The number of phosphoric ester groups is 1. The number of hydrogen-bond donors (Lipinski definition) is 6. The van der Waals surface area contributed by atoms with Crippen LogP contribution in [0.25, 0.3) is 22.2 Å². The van der Waals surface area contributed by atoms with Crippen molar-refractivity contribution in [2.45, 2.75) is 50.2 Å². The van der Waals surface area contributed by atoms with Gasteiger partial charge < -0.3 is 39.9 Å². The zero-order chi connectivity index (χ0) is 37.1. The molecule has 1 fully saturated rings. The second kappa shape index (κ2) is 15.3. The number of carbonyl (C=O) groups excluding carboxylic acids is 1. The summed E-state index contributed by atoms with van der Waals surface area (Å²) < 4.78 is 63.9. The molecule has 4 aromatic rings. The fraction of sp³-hybridized carbons (Fsp3) is 0.455. The molecule has 26 nitrogen and oxygen atoms in total. The summed E-state index contributed by atoms with van der Waals surface area (Å²) in [5.74, 6) is -0.871. The smallest absolute Gasteiger partial charge is 0.455 e. The molecule has 1 aliphatic rings. The lowest BCUT2D eigenvalue weighted by molar-refractivity contribution is -0.494. The number of anilines is 2. The highest BCUT2D eigenvalue weighted by Crippen LogP contribution is 2.66. The highest BCUT2D eigenvalue weighted by molar-refractivity contribution is 7.66. The van der Waals surface area contributed by atoms with Crippen LogP contribution in [0.2, 0.25) is 0 Å². The number of fused-ring (bicyclic) bond motifs is 2. The van der Waals surface area contributed by atoms with Gasteiger partial charge in [0.05, 0.1) is 19.5 Å². The lowest BCUT2D eigenvalue weighted by atomic mass is 10.1. The number of benzene rings is 1. The molecule has 0 radical (unpaired) electrons. The molecule has 2 unspecified atom stereocenters. The Bertz CT molecular complexity index is 2040. The number of esters is 1. The van der Waals surface area contributed by atoms with Gasteiger partial charge in [0, 0.05) is 6.42 Å². The Kier molecular flexibility index (Phi) is 11.5. The number of ether oxygens (including phenoxy) is 2. The fourth-order valence-electron chi connectivity index (χ4n) is 4.94. The number of imidazole rings is 1. The van der Waals surface area contributed by atoms with Crippen LogP contribution in [0.4, 0.5) is 11.5 Å². The van der Waals surface area contributed by atoms with Crippen LogP contribution in [0.15, 0.2) is 35.5 Å². The number of carbonyl (C=O) groups is 1. The molecule has 1 aliphatic heterocycles. The molecule has 29 heteroatoms. The van der Waals surface area contributed by atoms with Gasteiger partial charge in [-0.15, -0.1) is 0 Å². The van der Waals surface area contributed by atoms with Gasteiger partial charge in [0.2, 0.25) is 0 Å². The van der Waals surface area contributed by atoms with E-state index >= 15 is 0 Å². The number of aliphatic hydroxyl groups excluding tert-OH is 1. The van der Waals surface area contributed by atoms with Gasteiger partial charge in [-0.2, -0.15) is 8.62 Å². The summed E-state index contributed by atoms with van der Waals surface area (Å²) >= 11 is 0. The Morgan fingerprint density at radius 2 is 1.80 bits per heavy atom.